The van der Waals surface area contributed by atoms with Gasteiger partial charge >= 0.3 is 5.97 Å². The molecule has 1 aromatic rings. The third-order valence-corrected chi connectivity index (χ3v) is 2.49. The van der Waals surface area contributed by atoms with Crippen LogP contribution in [0.25, 0.3) is 10.4 Å². The summed E-state index contributed by atoms with van der Waals surface area (Å²) in [5.74, 6) is -0.888. The Hall–Kier alpha value is -2.44. The molecule has 0 radical (unpaired) electrons. The van der Waals surface area contributed by atoms with Gasteiger partial charge in [-0.3, -0.25) is 4.79 Å². The molecule has 8 heteroatoms. The van der Waals surface area contributed by atoms with Crippen LogP contribution < -0.4 is 10.1 Å². The summed E-state index contributed by atoms with van der Waals surface area (Å²) in [6.45, 7) is 2.50. The first-order valence-corrected chi connectivity index (χ1v) is 6.03. The molecule has 3 N–H and O–H groups in total. The summed E-state index contributed by atoms with van der Waals surface area (Å²) in [6.07, 6.45) is 0. The number of rotatable bonds is 8. The smallest absolute Gasteiger partial charge is 0.325 e. The number of ether oxygens (including phenoxy) is 1. The molecule has 1 rings (SSSR count). The molecule has 108 valence electrons. The van der Waals surface area contributed by atoms with Crippen LogP contribution in [0.15, 0.2) is 23.3 Å². The molecule has 0 aromatic heterocycles. The highest BCUT2D eigenvalue weighted by atomic mass is 16.5. The van der Waals surface area contributed by atoms with E-state index in [2.05, 4.69) is 15.3 Å². The van der Waals surface area contributed by atoms with E-state index < -0.39 is 12.0 Å². The lowest BCUT2D eigenvalue weighted by Gasteiger charge is -2.16. The molecule has 0 aliphatic rings. The molecule has 0 amide bonds. The Morgan fingerprint density at radius 1 is 1.60 bits per heavy atom. The highest BCUT2D eigenvalue weighted by Gasteiger charge is 2.20. The molecular weight excluding hydrogens is 264 g/mol. The number of carboxylic acids is 1. The number of phenols is 1. The first-order chi connectivity index (χ1) is 9.60. The number of nitrogens with one attached hydrogen (secondary N) is 1. The highest BCUT2D eigenvalue weighted by molar-refractivity contribution is 5.76. The molecule has 8 nitrogen and oxygen atoms in total. The average Bonchev–Trinajstić information content (AvgIpc) is 2.41. The zero-order valence-corrected chi connectivity index (χ0v) is 11.0. The number of aromatic hydroxyl groups is 1. The number of hydrogen-bond donors (Lipinski definition) is 3. The molecule has 20 heavy (non-hydrogen) atoms. The van der Waals surface area contributed by atoms with Crippen molar-refractivity contribution in [2.45, 2.75) is 13.0 Å². The number of carbonyl (C=O) groups is 1. The molecule has 1 atom stereocenters. The van der Waals surface area contributed by atoms with Crippen molar-refractivity contribution < 1.29 is 19.7 Å². The molecule has 1 aromatic carbocycles. The molecule has 0 heterocycles. The number of phenolic OH excluding ortho intramolecular Hbond substituents is 1. The van der Waals surface area contributed by atoms with Crippen LogP contribution in [0.1, 0.15) is 18.5 Å². The van der Waals surface area contributed by atoms with E-state index in [9.17, 15) is 15.0 Å². The number of hydrogen-bond acceptors (Lipinski definition) is 5. The van der Waals surface area contributed by atoms with Gasteiger partial charge in [0.2, 0.25) is 0 Å². The maximum Gasteiger partial charge on any atom is 0.325 e. The number of azide groups is 1. The lowest BCUT2D eigenvalue weighted by molar-refractivity contribution is -0.139. The van der Waals surface area contributed by atoms with E-state index in [1.807, 2.05) is 0 Å². The van der Waals surface area contributed by atoms with E-state index in [1.165, 1.54) is 18.2 Å². The topological polar surface area (TPSA) is 128 Å². The SMILES string of the molecule is CCOc1cc(C(NCCN=[N+]=[N-])C(=O)O)ccc1O. The van der Waals surface area contributed by atoms with E-state index in [1.54, 1.807) is 6.92 Å². The summed E-state index contributed by atoms with van der Waals surface area (Å²) in [6, 6.07) is 3.38. The average molecular weight is 280 g/mol. The van der Waals surface area contributed by atoms with E-state index >= 15 is 0 Å². The van der Waals surface area contributed by atoms with Gasteiger partial charge in [0.05, 0.1) is 6.61 Å². The van der Waals surface area contributed by atoms with Crippen LogP contribution in [0, 0.1) is 0 Å². The van der Waals surface area contributed by atoms with E-state index in [0.717, 1.165) is 0 Å². The first kappa shape index (κ1) is 15.6. The molecule has 0 saturated heterocycles. The fourth-order valence-electron chi connectivity index (χ4n) is 1.63. The number of aliphatic carboxylic acids is 1. The molecule has 0 spiro atoms. The van der Waals surface area contributed by atoms with Gasteiger partial charge in [-0.05, 0) is 30.2 Å². The van der Waals surface area contributed by atoms with E-state index in [4.69, 9.17) is 10.3 Å². The van der Waals surface area contributed by atoms with Gasteiger partial charge in [-0.15, -0.1) is 0 Å². The van der Waals surface area contributed by atoms with Gasteiger partial charge in [-0.25, -0.2) is 0 Å². The minimum absolute atomic E-state index is 0.0474. The summed E-state index contributed by atoms with van der Waals surface area (Å²) in [5.41, 5.74) is 8.60. The van der Waals surface area contributed by atoms with Crippen molar-refractivity contribution in [2.75, 3.05) is 19.7 Å². The summed E-state index contributed by atoms with van der Waals surface area (Å²) >= 11 is 0. The van der Waals surface area contributed by atoms with Gasteiger partial charge in [0.1, 0.15) is 6.04 Å². The minimum atomic E-state index is -1.07. The molecule has 0 aliphatic heterocycles. The predicted molar refractivity (Wildman–Crippen MR) is 71.7 cm³/mol. The Kier molecular flexibility index (Phi) is 6.15. The standard InChI is InChI=1S/C12H16N4O4/c1-2-20-10-7-8(3-4-9(10)17)11(12(18)19)14-5-6-15-16-13/h3-4,7,11,14,17H,2,5-6H2,1H3,(H,18,19). The number of nitrogens with zero attached hydrogens (tertiary/aromatic N) is 3. The van der Waals surface area contributed by atoms with Crippen LogP contribution in [0.4, 0.5) is 0 Å². The minimum Gasteiger partial charge on any atom is -0.504 e. The first-order valence-electron chi connectivity index (χ1n) is 6.03. The highest BCUT2D eigenvalue weighted by Crippen LogP contribution is 2.29. The van der Waals surface area contributed by atoms with Gasteiger partial charge in [0.25, 0.3) is 0 Å². The van der Waals surface area contributed by atoms with Gasteiger partial charge in [-0.2, -0.15) is 0 Å². The van der Waals surface area contributed by atoms with Crippen LogP contribution in [0.2, 0.25) is 0 Å². The Labute approximate surface area is 115 Å². The van der Waals surface area contributed by atoms with Gasteiger partial charge in [0, 0.05) is 18.0 Å². The van der Waals surface area contributed by atoms with Crippen molar-refractivity contribution in [2.24, 2.45) is 5.11 Å². The summed E-state index contributed by atoms with van der Waals surface area (Å²) in [7, 11) is 0. The maximum atomic E-state index is 11.2. The molecular formula is C12H16N4O4. The normalized spacial score (nSPS) is 11.4. The van der Waals surface area contributed by atoms with Crippen molar-refractivity contribution in [3.8, 4) is 11.5 Å². The van der Waals surface area contributed by atoms with E-state index in [-0.39, 0.29) is 24.6 Å². The molecule has 0 saturated carbocycles. The van der Waals surface area contributed by atoms with Crippen molar-refractivity contribution in [1.82, 2.24) is 5.32 Å². The van der Waals surface area contributed by atoms with Crippen LogP contribution >= 0.6 is 0 Å². The van der Waals surface area contributed by atoms with Gasteiger partial charge in [0.15, 0.2) is 11.5 Å². The van der Waals surface area contributed by atoms with Crippen LogP contribution in [-0.4, -0.2) is 35.9 Å². The zero-order chi connectivity index (χ0) is 15.0. The second-order valence-corrected chi connectivity index (χ2v) is 3.84. The van der Waals surface area contributed by atoms with Crippen molar-refractivity contribution in [3.63, 3.8) is 0 Å². The van der Waals surface area contributed by atoms with Crippen LogP contribution in [0.5, 0.6) is 11.5 Å². The second-order valence-electron chi connectivity index (χ2n) is 3.84. The van der Waals surface area contributed by atoms with Crippen molar-refractivity contribution in [3.05, 3.63) is 34.2 Å². The molecule has 0 fully saturated rings. The quantitative estimate of drug-likeness (QED) is 0.289. The second kappa shape index (κ2) is 7.88. The summed E-state index contributed by atoms with van der Waals surface area (Å²) < 4.78 is 5.21. The summed E-state index contributed by atoms with van der Waals surface area (Å²) in [5, 5.41) is 24.9. The van der Waals surface area contributed by atoms with Gasteiger partial charge < -0.3 is 20.3 Å². The largest absolute Gasteiger partial charge is 0.504 e. The van der Waals surface area contributed by atoms with E-state index in [0.29, 0.717) is 12.2 Å². The maximum absolute atomic E-state index is 11.2. The fraction of sp³-hybridized carbons (Fsp3) is 0.417. The third kappa shape index (κ3) is 4.34. The fourth-order valence-corrected chi connectivity index (χ4v) is 1.63. The lowest BCUT2D eigenvalue weighted by atomic mass is 10.1. The summed E-state index contributed by atoms with van der Waals surface area (Å²) in [4.78, 5) is 13.8. The molecule has 0 aliphatic carbocycles. The molecule has 1 unspecified atom stereocenters. The van der Waals surface area contributed by atoms with Crippen LogP contribution in [-0.2, 0) is 4.79 Å². The number of benzene rings is 1. The lowest BCUT2D eigenvalue weighted by Crippen LogP contribution is -2.30. The third-order valence-electron chi connectivity index (χ3n) is 2.49. The Bertz CT molecular complexity index is 514. The Balaban J connectivity index is 2.88. The van der Waals surface area contributed by atoms with Crippen molar-refractivity contribution in [1.29, 1.82) is 0 Å². The Morgan fingerprint density at radius 3 is 2.95 bits per heavy atom. The number of carboxylic acid groups (broad SMARTS) is 1. The predicted octanol–water partition coefficient (Wildman–Crippen LogP) is 1.82. The van der Waals surface area contributed by atoms with Crippen LogP contribution in [0.3, 0.4) is 0 Å². The Morgan fingerprint density at radius 2 is 2.35 bits per heavy atom. The molecule has 0 bridgehead atoms. The van der Waals surface area contributed by atoms with Gasteiger partial charge in [-0.1, -0.05) is 11.2 Å². The zero-order valence-electron chi connectivity index (χ0n) is 11.0. The van der Waals surface area contributed by atoms with Crippen molar-refractivity contribution >= 4 is 5.97 Å². The monoisotopic (exact) mass is 280 g/mol.